The van der Waals surface area contributed by atoms with Crippen LogP contribution < -0.4 is 9.90 Å². The summed E-state index contributed by atoms with van der Waals surface area (Å²) in [6, 6.07) is 1.81. The van der Waals surface area contributed by atoms with Crippen LogP contribution in [-0.2, 0) is 17.4 Å². The third kappa shape index (κ3) is 2.01. The van der Waals surface area contributed by atoms with E-state index in [0.717, 1.165) is 24.2 Å². The smallest absolute Gasteiger partial charge is 0.141 e. The van der Waals surface area contributed by atoms with Gasteiger partial charge in [0.05, 0.1) is 10.4 Å². The highest BCUT2D eigenvalue weighted by molar-refractivity contribution is 7.87. The summed E-state index contributed by atoms with van der Waals surface area (Å²) in [5.41, 5.74) is 2.59. The van der Waals surface area contributed by atoms with Crippen LogP contribution in [-0.4, -0.2) is 28.3 Å². The van der Waals surface area contributed by atoms with Crippen LogP contribution in [0, 0.1) is 0 Å². The first-order valence-electron chi connectivity index (χ1n) is 5.33. The van der Waals surface area contributed by atoms with E-state index >= 15 is 0 Å². The lowest BCUT2D eigenvalue weighted by atomic mass is 10.0. The van der Waals surface area contributed by atoms with Crippen LogP contribution in [0.2, 0.25) is 0 Å². The molecular formula is C11H15BN2OS. The zero-order chi connectivity index (χ0) is 11.9. The summed E-state index contributed by atoms with van der Waals surface area (Å²) in [4.78, 5) is 4.06. The van der Waals surface area contributed by atoms with Crippen molar-refractivity contribution in [1.29, 1.82) is 0 Å². The second-order valence-corrected chi connectivity index (χ2v) is 7.12. The number of aromatic nitrogens is 1. The second kappa shape index (κ2) is 3.88. The van der Waals surface area contributed by atoms with Gasteiger partial charge in [-0.05, 0) is 44.4 Å². The molecule has 2 radical (unpaired) electrons. The van der Waals surface area contributed by atoms with Crippen LogP contribution in [0.25, 0.3) is 0 Å². The molecule has 0 fully saturated rings. The molecule has 0 N–H and O–H groups in total. The molecule has 3 nitrogen and oxygen atoms in total. The van der Waals surface area contributed by atoms with E-state index in [1.807, 2.05) is 31.1 Å². The molecule has 16 heavy (non-hydrogen) atoms. The molecular weight excluding hydrogens is 219 g/mol. The number of rotatable bonds is 1. The van der Waals surface area contributed by atoms with E-state index in [2.05, 4.69) is 4.98 Å². The van der Waals surface area contributed by atoms with Gasteiger partial charge in [-0.3, -0.25) is 9.29 Å². The van der Waals surface area contributed by atoms with Gasteiger partial charge in [-0.1, -0.05) is 0 Å². The number of fused-ring (bicyclic) bond motifs is 1. The van der Waals surface area contributed by atoms with E-state index in [-0.39, 0.29) is 4.75 Å². The van der Waals surface area contributed by atoms with Gasteiger partial charge in [0.25, 0.3) is 0 Å². The predicted octanol–water partition coefficient (Wildman–Crippen LogP) is 0.700. The maximum atomic E-state index is 12.3. The monoisotopic (exact) mass is 234 g/mol. The van der Waals surface area contributed by atoms with Crippen molar-refractivity contribution in [2.75, 3.05) is 10.8 Å². The van der Waals surface area contributed by atoms with Crippen LogP contribution in [0.3, 0.4) is 0 Å². The largest absolute Gasteiger partial charge is 0.291 e. The first-order valence-corrected chi connectivity index (χ1v) is 6.44. The van der Waals surface area contributed by atoms with Crippen LogP contribution in [0.4, 0.5) is 5.69 Å². The van der Waals surface area contributed by atoms with Gasteiger partial charge in [0.2, 0.25) is 0 Å². The molecule has 1 aromatic heterocycles. The van der Waals surface area contributed by atoms with Crippen LogP contribution in [0.15, 0.2) is 12.3 Å². The van der Waals surface area contributed by atoms with E-state index in [1.54, 1.807) is 6.20 Å². The van der Waals surface area contributed by atoms with Gasteiger partial charge in [-0.2, -0.15) is 0 Å². The molecule has 0 aliphatic carbocycles. The average Bonchev–Trinajstić information content (AvgIpc) is 2.57. The lowest BCUT2D eigenvalue weighted by Crippen LogP contribution is -2.36. The highest BCUT2D eigenvalue weighted by Crippen LogP contribution is 2.30. The standard InChI is InChI=1S/C11H15BN2OS/c1-11(2,3)16(15)14-5-4-8-7-13-10(12)6-9(8)14/h6-7H,4-5H2,1-3H3. The van der Waals surface area contributed by atoms with Gasteiger partial charge in [-0.25, -0.2) is 4.21 Å². The molecule has 0 bridgehead atoms. The number of hydrogen-bond donors (Lipinski definition) is 0. The highest BCUT2D eigenvalue weighted by Gasteiger charge is 2.31. The molecule has 1 aromatic rings. The zero-order valence-electron chi connectivity index (χ0n) is 9.86. The first kappa shape index (κ1) is 11.6. The topological polar surface area (TPSA) is 33.2 Å². The Labute approximate surface area is 100 Å². The van der Waals surface area contributed by atoms with Gasteiger partial charge in [0, 0.05) is 12.7 Å². The van der Waals surface area contributed by atoms with Crippen molar-refractivity contribution in [2.24, 2.45) is 0 Å². The summed E-state index contributed by atoms with van der Waals surface area (Å²) in [5, 5.41) is 0. The van der Waals surface area contributed by atoms with E-state index in [0.29, 0.717) is 5.59 Å². The quantitative estimate of drug-likeness (QED) is 0.670. The number of hydrogen-bond acceptors (Lipinski definition) is 2. The van der Waals surface area contributed by atoms with Gasteiger partial charge >= 0.3 is 0 Å². The summed E-state index contributed by atoms with van der Waals surface area (Å²) >= 11 is 0. The molecule has 1 unspecified atom stereocenters. The van der Waals surface area contributed by atoms with Gasteiger partial charge in [0.15, 0.2) is 0 Å². The summed E-state index contributed by atoms with van der Waals surface area (Å²) in [5.74, 6) is 0. The van der Waals surface area contributed by atoms with Crippen molar-refractivity contribution in [3.05, 3.63) is 17.8 Å². The average molecular weight is 234 g/mol. The molecule has 0 amide bonds. The predicted molar refractivity (Wildman–Crippen MR) is 68.6 cm³/mol. The maximum absolute atomic E-state index is 12.3. The molecule has 0 saturated heterocycles. The summed E-state index contributed by atoms with van der Waals surface area (Å²) < 4.78 is 14.0. The lowest BCUT2D eigenvalue weighted by Gasteiger charge is -2.27. The Morgan fingerprint density at radius 1 is 1.50 bits per heavy atom. The Morgan fingerprint density at radius 3 is 2.81 bits per heavy atom. The Bertz CT molecular complexity index is 442. The number of anilines is 1. The Kier molecular flexibility index (Phi) is 2.82. The van der Waals surface area contributed by atoms with Crippen LogP contribution >= 0.6 is 0 Å². The third-order valence-electron chi connectivity index (χ3n) is 2.56. The minimum atomic E-state index is -1.03. The van der Waals surface area contributed by atoms with E-state index < -0.39 is 11.0 Å². The molecule has 84 valence electrons. The highest BCUT2D eigenvalue weighted by atomic mass is 32.2. The fourth-order valence-corrected chi connectivity index (χ4v) is 3.03. The van der Waals surface area contributed by atoms with Gasteiger partial charge < -0.3 is 0 Å². The number of nitrogens with zero attached hydrogens (tertiary/aromatic N) is 2. The summed E-state index contributed by atoms with van der Waals surface area (Å²) in [7, 11) is 4.63. The molecule has 0 saturated carbocycles. The Hall–Kier alpha value is -0.835. The molecule has 5 heteroatoms. The first-order chi connectivity index (χ1) is 7.39. The molecule has 2 rings (SSSR count). The molecule has 1 atom stereocenters. The van der Waals surface area contributed by atoms with E-state index in [4.69, 9.17) is 7.85 Å². The Balaban J connectivity index is 2.37. The molecule has 2 heterocycles. The van der Waals surface area contributed by atoms with Crippen molar-refractivity contribution >= 4 is 30.1 Å². The van der Waals surface area contributed by atoms with E-state index in [9.17, 15) is 4.21 Å². The minimum absolute atomic E-state index is 0.250. The SMILES string of the molecule is [B]c1cc2c(cn1)CCN2S(=O)C(C)(C)C. The van der Waals surface area contributed by atoms with E-state index in [1.165, 1.54) is 0 Å². The van der Waals surface area contributed by atoms with Gasteiger partial charge in [-0.15, -0.1) is 0 Å². The fraction of sp³-hybridized carbons (Fsp3) is 0.545. The molecule has 1 aliphatic heterocycles. The maximum Gasteiger partial charge on any atom is 0.141 e. The zero-order valence-corrected chi connectivity index (χ0v) is 10.7. The molecule has 0 spiro atoms. The summed E-state index contributed by atoms with van der Waals surface area (Å²) in [6.07, 6.45) is 2.68. The normalized spacial score (nSPS) is 17.3. The van der Waals surface area contributed by atoms with Crippen molar-refractivity contribution < 1.29 is 4.21 Å². The van der Waals surface area contributed by atoms with Crippen molar-refractivity contribution in [1.82, 2.24) is 4.98 Å². The van der Waals surface area contributed by atoms with Gasteiger partial charge in [0.1, 0.15) is 18.8 Å². The number of pyridine rings is 1. The third-order valence-corrected chi connectivity index (χ3v) is 4.39. The second-order valence-electron chi connectivity index (χ2n) is 4.95. The minimum Gasteiger partial charge on any atom is -0.291 e. The van der Waals surface area contributed by atoms with Crippen molar-refractivity contribution in [3.63, 3.8) is 0 Å². The fourth-order valence-electron chi connectivity index (χ4n) is 1.76. The van der Waals surface area contributed by atoms with Crippen molar-refractivity contribution in [3.8, 4) is 0 Å². The molecule has 0 aromatic carbocycles. The van der Waals surface area contributed by atoms with Crippen LogP contribution in [0.5, 0.6) is 0 Å². The Morgan fingerprint density at radius 2 is 2.19 bits per heavy atom. The van der Waals surface area contributed by atoms with Crippen molar-refractivity contribution in [2.45, 2.75) is 31.9 Å². The lowest BCUT2D eigenvalue weighted by molar-refractivity contribution is 0.645. The van der Waals surface area contributed by atoms with Crippen LogP contribution in [0.1, 0.15) is 26.3 Å². The summed E-state index contributed by atoms with van der Waals surface area (Å²) in [6.45, 7) is 6.72. The molecule has 1 aliphatic rings.